The quantitative estimate of drug-likeness (QED) is 0.0160. The van der Waals surface area contributed by atoms with Gasteiger partial charge in [0.15, 0.2) is 40.7 Å². The van der Waals surface area contributed by atoms with Crippen LogP contribution in [-0.2, 0) is 89.9 Å². The van der Waals surface area contributed by atoms with Crippen LogP contribution in [0.2, 0.25) is 0 Å². The molecular weight excluding hydrogens is 1920 g/mol. The minimum absolute atomic E-state index is 0.0455. The maximum Gasteiger partial charge on any atom is 0.330 e. The van der Waals surface area contributed by atoms with Crippen molar-refractivity contribution < 1.29 is 98.0 Å². The van der Waals surface area contributed by atoms with Crippen molar-refractivity contribution in [1.29, 1.82) is 0 Å². The van der Waals surface area contributed by atoms with Gasteiger partial charge in [-0.2, -0.15) is 0 Å². The molecule has 20 atom stereocenters. The molecule has 3 unspecified atom stereocenters. The van der Waals surface area contributed by atoms with Crippen molar-refractivity contribution in [2.24, 2.45) is 0 Å². The maximum atomic E-state index is 12.4. The number of carbonyl (C=O) groups is 5. The first-order valence-corrected chi connectivity index (χ1v) is 60.5. The van der Waals surface area contributed by atoms with E-state index in [1.54, 1.807) is 0 Å². The molecule has 772 valence electrons. The number of nitrogens with one attached hydrogen (secondary N) is 10. The van der Waals surface area contributed by atoms with Crippen molar-refractivity contribution >= 4 is 119 Å². The van der Waals surface area contributed by atoms with Crippen LogP contribution in [0, 0.1) is 9.54 Å². The molecule has 137 heavy (non-hydrogen) atoms. The number of aromatic nitrogens is 10. The number of carbonyl (C=O) groups excluding carboxylic acids is 5. The molecular formula is C87H144N15O28P5S2. The molecule has 5 aliphatic heterocycles. The Morgan fingerprint density at radius 3 is 0.708 bits per heavy atom. The van der Waals surface area contributed by atoms with Gasteiger partial charge in [0.2, 0.25) is 0 Å². The second-order valence-electron chi connectivity index (χ2n) is 38.5. The number of aromatic amines is 5. The van der Waals surface area contributed by atoms with Crippen LogP contribution < -0.4 is 71.4 Å². The lowest BCUT2D eigenvalue weighted by molar-refractivity contribution is -0.117. The third-order valence-electron chi connectivity index (χ3n) is 22.3. The van der Waals surface area contributed by atoms with Crippen LogP contribution in [0.1, 0.15) is 126 Å². The molecule has 5 aromatic heterocycles. The van der Waals surface area contributed by atoms with Gasteiger partial charge in [0.25, 0.3) is 27.8 Å². The average molecular weight is 2070 g/mol. The first-order chi connectivity index (χ1) is 63.5. The number of methoxy groups -OCH3 is 2. The lowest BCUT2D eigenvalue weighted by Crippen LogP contribution is -2.40. The molecule has 0 amide bonds. The van der Waals surface area contributed by atoms with E-state index in [1.807, 2.05) is 0 Å². The second kappa shape index (κ2) is 53.0. The molecule has 0 radical (unpaired) electrons. The molecule has 5 aliphatic rings. The number of ether oxygens (including phenoxy) is 7. The summed E-state index contributed by atoms with van der Waals surface area (Å²) in [5.74, 6) is -0.306. The standard InChI is InChI=1S/2C18H30N3O6P.C17H28N3O6P.2C17H28N3O5PS/c2*1-11(22)8-19-9-12-10-21(18(25)20-16(12)24)17-15(26-2)14(23)13(27-17)6-7-28(3,4)5;1-10(21)7-18-8-11-9-20(17(25)19-15(11)24)16-14(23)13(22)12(26-16)5-6-27(2,3)4;2*1-10(21)7-18-8-11-9-20(17(27)19-15(11)24)16-14(23)13(22)12(25-16)5-6-26(2,3)4/h2*10,13-15,17,19,23H,3,6-9H2,1-2,4-5H3,(H,20,24,25);9,12-14,16,18,22-23H,2,5-8H2,1,3-4H3,(H,19,24,25);2*9,12-14,16,18,22-23H,2,5-8H2,1,3-4H3,(H,19,24,27)/t2*13-,14-,15-,17-;3*12-,13-,14?,16-/m11111/s1. The Kier molecular flexibility index (Phi) is 46.1. The van der Waals surface area contributed by atoms with Crippen LogP contribution in [0.15, 0.2) is 69.3 Å². The van der Waals surface area contributed by atoms with Crippen molar-refractivity contribution in [3.8, 4) is 0 Å². The van der Waals surface area contributed by atoms with Gasteiger partial charge in [-0.3, -0.25) is 95.7 Å². The summed E-state index contributed by atoms with van der Waals surface area (Å²) in [5, 5.41) is 97.7. The van der Waals surface area contributed by atoms with Crippen LogP contribution in [0.5, 0.6) is 0 Å². The molecule has 18 N–H and O–H groups in total. The van der Waals surface area contributed by atoms with E-state index in [4.69, 9.17) is 57.6 Å². The first kappa shape index (κ1) is 119. The van der Waals surface area contributed by atoms with E-state index in [9.17, 15) is 103 Å². The van der Waals surface area contributed by atoms with E-state index in [1.165, 1.54) is 98.1 Å². The minimum atomic E-state index is -1.33. The van der Waals surface area contributed by atoms with Gasteiger partial charge < -0.3 is 101 Å². The molecule has 43 nitrogen and oxygen atoms in total. The molecule has 0 spiro atoms. The number of ketones is 5. The zero-order valence-corrected chi connectivity index (χ0v) is 87.2. The highest BCUT2D eigenvalue weighted by Crippen LogP contribution is 2.45. The molecule has 5 fully saturated rings. The minimum Gasteiger partial charge on any atom is -0.388 e. The van der Waals surface area contributed by atoms with Crippen molar-refractivity contribution in [2.75, 3.05) is 144 Å². The molecule has 0 bridgehead atoms. The van der Waals surface area contributed by atoms with Gasteiger partial charge in [0.05, 0.1) is 63.2 Å². The highest BCUT2D eigenvalue weighted by atomic mass is 32.1. The van der Waals surface area contributed by atoms with Crippen molar-refractivity contribution in [2.45, 2.75) is 222 Å². The summed E-state index contributed by atoms with van der Waals surface area (Å²) in [6.07, 6.45) is 17.3. The number of aliphatic hydroxyl groups excluding tert-OH is 8. The molecule has 50 heteroatoms. The second-order valence-corrected chi connectivity index (χ2v) is 60.9. The predicted octanol–water partition coefficient (Wildman–Crippen LogP) is -1.28. The van der Waals surface area contributed by atoms with Crippen LogP contribution in [-0.4, -0.2) is 385 Å². The number of hydrogen-bond donors (Lipinski definition) is 18. The van der Waals surface area contributed by atoms with Gasteiger partial charge in [-0.15, -0.1) is 65.9 Å². The lowest BCUT2D eigenvalue weighted by atomic mass is 10.1. The molecule has 10 heterocycles. The largest absolute Gasteiger partial charge is 0.388 e. The molecule has 10 rings (SSSR count). The van der Waals surface area contributed by atoms with Crippen LogP contribution in [0.4, 0.5) is 0 Å². The number of hydrogen-bond acceptors (Lipinski definition) is 35. The summed E-state index contributed by atoms with van der Waals surface area (Å²) in [6.45, 7) is 22.9. The van der Waals surface area contributed by atoms with Crippen molar-refractivity contribution in [3.63, 3.8) is 0 Å². The van der Waals surface area contributed by atoms with E-state index in [0.29, 0.717) is 43.2 Å². The smallest absolute Gasteiger partial charge is 0.330 e. The van der Waals surface area contributed by atoms with Gasteiger partial charge in [-0.05, 0) is 189 Å². The van der Waals surface area contributed by atoms with Crippen LogP contribution in [0.3, 0.4) is 0 Å². The zero-order chi connectivity index (χ0) is 103. The van der Waals surface area contributed by atoms with Gasteiger partial charge in [0.1, 0.15) is 90.0 Å². The van der Waals surface area contributed by atoms with E-state index >= 15 is 0 Å². The molecule has 0 aliphatic carbocycles. The monoisotopic (exact) mass is 2070 g/mol. The van der Waals surface area contributed by atoms with E-state index < -0.39 is 191 Å². The topological polar surface area (TPSA) is 612 Å². The number of nitrogens with zero attached hydrogens (tertiary/aromatic N) is 5. The molecule has 0 aromatic carbocycles. The Balaban J connectivity index is 0.000000263. The summed E-state index contributed by atoms with van der Waals surface area (Å²) in [5.41, 5.74) is -2.96. The SMILES string of the molecule is C=P(C)(C)CC[C@H]1O[C@@H](n2cc(CNCC(C)=O)c(=O)[nH]c2=O)C(O)[C@@H]1O.C=P(C)(C)CC[C@H]1O[C@@H](n2cc(CNCC(C)=O)c(=O)[nH]c2=O)[C@H](OC)[C@@H]1O.C=P(C)(C)CC[C@H]1O[C@@H](n2cc(CNCC(C)=O)c(=O)[nH]c2=O)[C@H](OC)[C@@H]1O.C=P(C)(C)CC[C@H]1O[C@@H](n2cc(CNCC(C)=O)c(=O)[nH]c2=S)C(O)[C@@H]1O.C=P(C)(C)CC[C@H]1O[C@@H](n2cc(CNCC(C)=O)c(=O)[nH]c2=S)C(O)[C@@H]1O. The van der Waals surface area contributed by atoms with Crippen LogP contribution >= 0.6 is 58.9 Å². The summed E-state index contributed by atoms with van der Waals surface area (Å²) >= 11 is 10.4. The molecule has 0 saturated carbocycles. The Hall–Kier alpha value is -6.71. The Labute approximate surface area is 805 Å². The van der Waals surface area contributed by atoms with Crippen LogP contribution in [0.25, 0.3) is 0 Å². The van der Waals surface area contributed by atoms with Gasteiger partial charge in [0, 0.05) is 106 Å². The third-order valence-corrected chi connectivity index (χ3v) is 30.3. The number of Topliss-reactive ketones (excluding diaryl/α,β-unsaturated/α-hetero) is 5. The highest BCUT2D eigenvalue weighted by Gasteiger charge is 2.50. The maximum absolute atomic E-state index is 12.4. The summed E-state index contributed by atoms with van der Waals surface area (Å²) in [7, 11) is 2.88. The Bertz CT molecular complexity index is 5410. The fourth-order valence-corrected chi connectivity index (χ4v) is 20.2. The fraction of sp³-hybridized carbons (Fsp3) is 0.655. The number of H-pyrrole nitrogens is 5. The van der Waals surface area contributed by atoms with Gasteiger partial charge in [-0.25, -0.2) is 14.4 Å². The lowest BCUT2D eigenvalue weighted by Gasteiger charge is -2.21. The third kappa shape index (κ3) is 37.2. The number of rotatable bonds is 42. The average Bonchev–Trinajstić information content (AvgIpc) is 1.67. The molecule has 5 aromatic rings. The van der Waals surface area contributed by atoms with Crippen molar-refractivity contribution in [3.05, 3.63) is 152 Å². The van der Waals surface area contributed by atoms with Gasteiger partial charge in [-0.1, -0.05) is 0 Å². The summed E-state index contributed by atoms with van der Waals surface area (Å²) < 4.78 is 46.8. The van der Waals surface area contributed by atoms with E-state index in [0.717, 1.165) is 35.4 Å². The van der Waals surface area contributed by atoms with E-state index in [-0.39, 0.29) is 132 Å². The van der Waals surface area contributed by atoms with Gasteiger partial charge >= 0.3 is 17.1 Å². The summed E-state index contributed by atoms with van der Waals surface area (Å²) in [6, 6.07) is 0. The normalized spacial score (nSPS) is 25.5. The highest BCUT2D eigenvalue weighted by molar-refractivity contribution is 7.73. The Morgan fingerprint density at radius 2 is 0.504 bits per heavy atom. The van der Waals surface area contributed by atoms with Crippen molar-refractivity contribution in [1.82, 2.24) is 74.3 Å². The zero-order valence-electron chi connectivity index (χ0n) is 81.1. The number of aliphatic hydroxyl groups is 8. The Morgan fingerprint density at radius 1 is 0.321 bits per heavy atom. The first-order valence-electron chi connectivity index (χ1n) is 44.4. The summed E-state index contributed by atoms with van der Waals surface area (Å²) in [4.78, 5) is 164. The fourth-order valence-electron chi connectivity index (χ4n) is 14.9. The predicted molar refractivity (Wildman–Crippen MR) is 544 cm³/mol. The van der Waals surface area contributed by atoms with E-state index in [2.05, 4.69) is 150 Å². The molecule has 5 saturated heterocycles.